The molecule has 1 saturated heterocycles. The Bertz CT molecular complexity index is 197. The maximum atomic E-state index is 9.51. The van der Waals surface area contributed by atoms with E-state index in [2.05, 4.69) is 24.1 Å². The standard InChI is InChI=1S/C12H26N2O2/c1-4-14(5-2)8-7-13-12(10-15)6-9-16-11(12)3/h11,13,15H,4-10H2,1-3H3. The summed E-state index contributed by atoms with van der Waals surface area (Å²) in [5.74, 6) is 0. The molecule has 1 aliphatic heterocycles. The summed E-state index contributed by atoms with van der Waals surface area (Å²) in [6.07, 6.45) is 1.01. The zero-order valence-electron chi connectivity index (χ0n) is 10.8. The second-order valence-corrected chi connectivity index (χ2v) is 4.53. The fraction of sp³-hybridized carbons (Fsp3) is 1.00. The van der Waals surface area contributed by atoms with Crippen molar-refractivity contribution in [2.45, 2.75) is 38.8 Å². The summed E-state index contributed by atoms with van der Waals surface area (Å²) in [7, 11) is 0. The zero-order valence-corrected chi connectivity index (χ0v) is 10.8. The highest BCUT2D eigenvalue weighted by molar-refractivity contribution is 4.97. The van der Waals surface area contributed by atoms with E-state index in [1.54, 1.807) is 0 Å². The van der Waals surface area contributed by atoms with Gasteiger partial charge in [0.15, 0.2) is 0 Å². The topological polar surface area (TPSA) is 44.7 Å². The van der Waals surface area contributed by atoms with Gasteiger partial charge in [-0.15, -0.1) is 0 Å². The third-order valence-corrected chi connectivity index (χ3v) is 3.78. The van der Waals surface area contributed by atoms with Crippen molar-refractivity contribution in [3.05, 3.63) is 0 Å². The summed E-state index contributed by atoms with van der Waals surface area (Å²) in [5.41, 5.74) is -0.215. The van der Waals surface area contributed by atoms with E-state index >= 15 is 0 Å². The Hall–Kier alpha value is -0.160. The molecule has 0 amide bonds. The first-order chi connectivity index (χ1) is 7.68. The minimum absolute atomic E-state index is 0.106. The number of rotatable bonds is 7. The molecule has 2 unspecified atom stereocenters. The lowest BCUT2D eigenvalue weighted by Crippen LogP contribution is -2.55. The van der Waals surface area contributed by atoms with Gasteiger partial charge in [-0.1, -0.05) is 13.8 Å². The van der Waals surface area contributed by atoms with Gasteiger partial charge in [0.1, 0.15) is 0 Å². The van der Waals surface area contributed by atoms with Gasteiger partial charge in [0.2, 0.25) is 0 Å². The Morgan fingerprint density at radius 3 is 2.56 bits per heavy atom. The summed E-state index contributed by atoms with van der Waals surface area (Å²) in [5, 5.41) is 13.0. The molecule has 1 heterocycles. The molecular formula is C12H26N2O2. The molecule has 16 heavy (non-hydrogen) atoms. The van der Waals surface area contributed by atoms with Crippen molar-refractivity contribution in [1.29, 1.82) is 0 Å². The average Bonchev–Trinajstić information content (AvgIpc) is 2.67. The van der Waals surface area contributed by atoms with Gasteiger partial charge in [0.05, 0.1) is 18.2 Å². The fourth-order valence-electron chi connectivity index (χ4n) is 2.28. The monoisotopic (exact) mass is 230 g/mol. The van der Waals surface area contributed by atoms with Crippen LogP contribution in [0.5, 0.6) is 0 Å². The first-order valence-corrected chi connectivity index (χ1v) is 6.38. The number of likely N-dealkylation sites (N-methyl/N-ethyl adjacent to an activating group) is 1. The first kappa shape index (κ1) is 13.9. The van der Waals surface area contributed by atoms with E-state index in [-0.39, 0.29) is 18.2 Å². The maximum Gasteiger partial charge on any atom is 0.0751 e. The van der Waals surface area contributed by atoms with E-state index in [1.807, 2.05) is 6.92 Å². The Morgan fingerprint density at radius 1 is 1.44 bits per heavy atom. The van der Waals surface area contributed by atoms with Crippen LogP contribution >= 0.6 is 0 Å². The van der Waals surface area contributed by atoms with Gasteiger partial charge in [-0.2, -0.15) is 0 Å². The zero-order chi connectivity index (χ0) is 12.0. The minimum Gasteiger partial charge on any atom is -0.394 e. The molecule has 4 nitrogen and oxygen atoms in total. The number of nitrogens with zero attached hydrogens (tertiary/aromatic N) is 1. The summed E-state index contributed by atoms with van der Waals surface area (Å²) in [6, 6.07) is 0. The van der Waals surface area contributed by atoms with Crippen LogP contribution in [0.15, 0.2) is 0 Å². The Balaban J connectivity index is 2.34. The highest BCUT2D eigenvalue weighted by Crippen LogP contribution is 2.24. The molecule has 4 heteroatoms. The minimum atomic E-state index is -0.215. The first-order valence-electron chi connectivity index (χ1n) is 6.38. The van der Waals surface area contributed by atoms with E-state index in [0.29, 0.717) is 0 Å². The van der Waals surface area contributed by atoms with Crippen LogP contribution in [0.3, 0.4) is 0 Å². The number of hydrogen-bond donors (Lipinski definition) is 2. The van der Waals surface area contributed by atoms with Crippen LogP contribution in [-0.4, -0.2) is 61.0 Å². The van der Waals surface area contributed by atoms with Gasteiger partial charge in [-0.25, -0.2) is 0 Å². The summed E-state index contributed by atoms with van der Waals surface area (Å²) in [4.78, 5) is 2.37. The molecule has 0 aromatic rings. The predicted octanol–water partition coefficient (Wildman–Crippen LogP) is 0.458. The Labute approximate surface area is 99.0 Å². The van der Waals surface area contributed by atoms with Crippen LogP contribution in [0.1, 0.15) is 27.2 Å². The SMILES string of the molecule is CCN(CC)CCNC1(CO)CCOC1C. The van der Waals surface area contributed by atoms with Crippen LogP contribution in [0.4, 0.5) is 0 Å². The average molecular weight is 230 g/mol. The molecule has 0 radical (unpaired) electrons. The molecule has 0 aromatic heterocycles. The van der Waals surface area contributed by atoms with E-state index in [4.69, 9.17) is 4.74 Å². The normalized spacial score (nSPS) is 30.2. The predicted molar refractivity (Wildman–Crippen MR) is 65.6 cm³/mol. The number of aliphatic hydroxyl groups excluding tert-OH is 1. The van der Waals surface area contributed by atoms with Gasteiger partial charge >= 0.3 is 0 Å². The molecule has 0 bridgehead atoms. The number of ether oxygens (including phenoxy) is 1. The van der Waals surface area contributed by atoms with Crippen LogP contribution in [0.2, 0.25) is 0 Å². The molecule has 2 N–H and O–H groups in total. The van der Waals surface area contributed by atoms with Crippen LogP contribution in [-0.2, 0) is 4.74 Å². The molecular weight excluding hydrogens is 204 g/mol. The van der Waals surface area contributed by atoms with E-state index in [9.17, 15) is 5.11 Å². The van der Waals surface area contributed by atoms with Crippen molar-refractivity contribution in [1.82, 2.24) is 10.2 Å². The lowest BCUT2D eigenvalue weighted by molar-refractivity contribution is 0.0526. The molecule has 96 valence electrons. The summed E-state index contributed by atoms with van der Waals surface area (Å²) < 4.78 is 5.53. The second kappa shape index (κ2) is 6.55. The van der Waals surface area contributed by atoms with Crippen molar-refractivity contribution in [3.8, 4) is 0 Å². The van der Waals surface area contributed by atoms with Gasteiger partial charge in [-0.3, -0.25) is 0 Å². The molecule has 0 saturated carbocycles. The number of aliphatic hydroxyl groups is 1. The molecule has 0 aliphatic carbocycles. The highest BCUT2D eigenvalue weighted by Gasteiger charge is 2.40. The van der Waals surface area contributed by atoms with Crippen LogP contribution in [0.25, 0.3) is 0 Å². The molecule has 2 atom stereocenters. The lowest BCUT2D eigenvalue weighted by atomic mass is 9.93. The van der Waals surface area contributed by atoms with Crippen molar-refractivity contribution in [3.63, 3.8) is 0 Å². The van der Waals surface area contributed by atoms with Crippen LogP contribution < -0.4 is 5.32 Å². The highest BCUT2D eigenvalue weighted by atomic mass is 16.5. The van der Waals surface area contributed by atoms with Gasteiger partial charge < -0.3 is 20.1 Å². The number of nitrogens with one attached hydrogen (secondary N) is 1. The molecule has 1 aliphatic rings. The van der Waals surface area contributed by atoms with E-state index in [0.717, 1.165) is 39.2 Å². The van der Waals surface area contributed by atoms with Crippen molar-refractivity contribution in [2.24, 2.45) is 0 Å². The van der Waals surface area contributed by atoms with Gasteiger partial charge in [0.25, 0.3) is 0 Å². The molecule has 0 aromatic carbocycles. The van der Waals surface area contributed by atoms with Gasteiger partial charge in [0, 0.05) is 19.7 Å². The van der Waals surface area contributed by atoms with Crippen molar-refractivity contribution < 1.29 is 9.84 Å². The molecule has 1 rings (SSSR count). The molecule has 1 fully saturated rings. The Kier molecular flexibility index (Phi) is 5.69. The fourth-order valence-corrected chi connectivity index (χ4v) is 2.28. The summed E-state index contributed by atoms with van der Waals surface area (Å²) >= 11 is 0. The van der Waals surface area contributed by atoms with Crippen LogP contribution in [0, 0.1) is 0 Å². The maximum absolute atomic E-state index is 9.51. The van der Waals surface area contributed by atoms with Crippen molar-refractivity contribution >= 4 is 0 Å². The lowest BCUT2D eigenvalue weighted by Gasteiger charge is -2.32. The largest absolute Gasteiger partial charge is 0.394 e. The summed E-state index contributed by atoms with van der Waals surface area (Å²) in [6.45, 7) is 11.4. The van der Waals surface area contributed by atoms with E-state index < -0.39 is 0 Å². The third-order valence-electron chi connectivity index (χ3n) is 3.78. The van der Waals surface area contributed by atoms with Crippen molar-refractivity contribution in [2.75, 3.05) is 39.4 Å². The smallest absolute Gasteiger partial charge is 0.0751 e. The van der Waals surface area contributed by atoms with E-state index in [1.165, 1.54) is 0 Å². The quantitative estimate of drug-likeness (QED) is 0.667. The van der Waals surface area contributed by atoms with Gasteiger partial charge in [-0.05, 0) is 26.4 Å². The number of hydrogen-bond acceptors (Lipinski definition) is 4. The third kappa shape index (κ3) is 3.17. The Morgan fingerprint density at radius 2 is 2.12 bits per heavy atom. The molecule has 0 spiro atoms. The second-order valence-electron chi connectivity index (χ2n) is 4.53.